The van der Waals surface area contributed by atoms with Gasteiger partial charge in [-0.25, -0.2) is 18.0 Å². The summed E-state index contributed by atoms with van der Waals surface area (Å²) in [7, 11) is 0. The molecule has 1 aromatic rings. The maximum Gasteiger partial charge on any atom is 0.407 e. The minimum atomic E-state index is -2.05. The highest BCUT2D eigenvalue weighted by Gasteiger charge is 2.27. The molecule has 0 saturated carbocycles. The molecule has 2 unspecified atom stereocenters. The van der Waals surface area contributed by atoms with E-state index in [1.165, 1.54) is 0 Å². The molecule has 0 bridgehead atoms. The van der Waals surface area contributed by atoms with Crippen molar-refractivity contribution in [3.05, 3.63) is 35.1 Å². The highest BCUT2D eigenvalue weighted by Crippen LogP contribution is 2.25. The minimum Gasteiger partial charge on any atom is -0.444 e. The van der Waals surface area contributed by atoms with E-state index in [2.05, 4.69) is 5.32 Å². The molecule has 8 heteroatoms. The van der Waals surface area contributed by atoms with E-state index in [1.807, 2.05) is 0 Å². The van der Waals surface area contributed by atoms with E-state index in [-0.39, 0.29) is 0 Å². The Labute approximate surface area is 125 Å². The van der Waals surface area contributed by atoms with Gasteiger partial charge in [0.2, 0.25) is 0 Å². The Bertz CT molecular complexity index is 546. The molecule has 0 aliphatic rings. The number of carbonyl (C=O) groups is 1. The van der Waals surface area contributed by atoms with Gasteiger partial charge in [-0.05, 0) is 32.9 Å². The Balaban J connectivity index is 2.72. The molecule has 5 nitrogen and oxygen atoms in total. The first-order valence-electron chi connectivity index (χ1n) is 6.49. The SMILES string of the molecule is CC(C)(C)OC(=O)NCC(O)C(O)c1c(F)ccc(F)c1F. The van der Waals surface area contributed by atoms with Gasteiger partial charge >= 0.3 is 6.09 Å². The van der Waals surface area contributed by atoms with E-state index < -0.39 is 53.5 Å². The summed E-state index contributed by atoms with van der Waals surface area (Å²) in [6.45, 7) is 4.32. The van der Waals surface area contributed by atoms with E-state index in [1.54, 1.807) is 20.8 Å². The fourth-order valence-corrected chi connectivity index (χ4v) is 1.62. The molecule has 0 aliphatic heterocycles. The third-order valence-corrected chi connectivity index (χ3v) is 2.59. The van der Waals surface area contributed by atoms with Crippen molar-refractivity contribution < 1.29 is 32.9 Å². The van der Waals surface area contributed by atoms with Crippen LogP contribution in [0.5, 0.6) is 0 Å². The number of rotatable bonds is 4. The number of aliphatic hydroxyl groups excluding tert-OH is 2. The Hall–Kier alpha value is -1.80. The molecule has 0 spiro atoms. The smallest absolute Gasteiger partial charge is 0.407 e. The highest BCUT2D eigenvalue weighted by atomic mass is 19.2. The van der Waals surface area contributed by atoms with Crippen LogP contribution in [0.25, 0.3) is 0 Å². The normalized spacial score (nSPS) is 14.4. The molecule has 1 rings (SSSR count). The van der Waals surface area contributed by atoms with Crippen molar-refractivity contribution in [1.82, 2.24) is 5.32 Å². The molecule has 1 aromatic carbocycles. The van der Waals surface area contributed by atoms with Crippen LogP contribution in [0.3, 0.4) is 0 Å². The van der Waals surface area contributed by atoms with Gasteiger partial charge in [0.05, 0.1) is 5.56 Å². The monoisotopic (exact) mass is 321 g/mol. The van der Waals surface area contributed by atoms with Crippen molar-refractivity contribution in [1.29, 1.82) is 0 Å². The summed E-state index contributed by atoms with van der Waals surface area (Å²) in [6.07, 6.45) is -4.68. The Kier molecular flexibility index (Phi) is 5.78. The summed E-state index contributed by atoms with van der Waals surface area (Å²) in [5.41, 5.74) is -1.77. The van der Waals surface area contributed by atoms with Gasteiger partial charge in [0.1, 0.15) is 23.6 Å². The lowest BCUT2D eigenvalue weighted by Crippen LogP contribution is -2.39. The zero-order valence-electron chi connectivity index (χ0n) is 12.4. The number of benzene rings is 1. The number of hydrogen-bond donors (Lipinski definition) is 3. The van der Waals surface area contributed by atoms with Crippen LogP contribution in [0.15, 0.2) is 12.1 Å². The molecule has 22 heavy (non-hydrogen) atoms. The molecule has 0 heterocycles. The standard InChI is InChI=1S/C14H18F3NO4/c1-14(2,3)22-13(21)18-6-9(19)12(20)10-7(15)4-5-8(16)11(10)17/h4-5,9,12,19-20H,6H2,1-3H3,(H,18,21). The predicted molar refractivity (Wildman–Crippen MR) is 71.5 cm³/mol. The zero-order valence-corrected chi connectivity index (χ0v) is 12.4. The number of amides is 1. The van der Waals surface area contributed by atoms with Crippen LogP contribution >= 0.6 is 0 Å². The van der Waals surface area contributed by atoms with Crippen molar-refractivity contribution in [3.63, 3.8) is 0 Å². The summed E-state index contributed by atoms with van der Waals surface area (Å²) >= 11 is 0. The van der Waals surface area contributed by atoms with Gasteiger partial charge in [-0.15, -0.1) is 0 Å². The van der Waals surface area contributed by atoms with Gasteiger partial charge in [0.15, 0.2) is 11.6 Å². The number of nitrogens with one attached hydrogen (secondary N) is 1. The lowest BCUT2D eigenvalue weighted by Gasteiger charge is -2.22. The van der Waals surface area contributed by atoms with Gasteiger partial charge < -0.3 is 20.3 Å². The molecule has 0 fully saturated rings. The molecular formula is C14H18F3NO4. The van der Waals surface area contributed by atoms with Crippen LogP contribution in [0.1, 0.15) is 32.4 Å². The lowest BCUT2D eigenvalue weighted by atomic mass is 10.0. The largest absolute Gasteiger partial charge is 0.444 e. The molecule has 124 valence electrons. The number of halogens is 3. The average Bonchev–Trinajstić information content (AvgIpc) is 2.38. The second-order valence-corrected chi connectivity index (χ2v) is 5.65. The van der Waals surface area contributed by atoms with E-state index >= 15 is 0 Å². The summed E-state index contributed by atoms with van der Waals surface area (Å²) in [5, 5.41) is 21.5. The summed E-state index contributed by atoms with van der Waals surface area (Å²) in [5.74, 6) is -4.16. The highest BCUT2D eigenvalue weighted by molar-refractivity contribution is 5.67. The van der Waals surface area contributed by atoms with Crippen molar-refractivity contribution >= 4 is 6.09 Å². The molecular weight excluding hydrogens is 303 g/mol. The quantitative estimate of drug-likeness (QED) is 0.742. The molecule has 0 aliphatic carbocycles. The lowest BCUT2D eigenvalue weighted by molar-refractivity contribution is 0.00918. The molecule has 2 atom stereocenters. The van der Waals surface area contributed by atoms with Crippen LogP contribution in [0.2, 0.25) is 0 Å². The van der Waals surface area contributed by atoms with Gasteiger partial charge in [-0.2, -0.15) is 0 Å². The van der Waals surface area contributed by atoms with E-state index in [0.717, 1.165) is 0 Å². The fourth-order valence-electron chi connectivity index (χ4n) is 1.62. The van der Waals surface area contributed by atoms with E-state index in [0.29, 0.717) is 12.1 Å². The van der Waals surface area contributed by atoms with Gasteiger partial charge in [-0.1, -0.05) is 0 Å². The van der Waals surface area contributed by atoms with Crippen LogP contribution in [0.4, 0.5) is 18.0 Å². The summed E-state index contributed by atoms with van der Waals surface area (Å²) < 4.78 is 44.9. The second kappa shape index (κ2) is 6.97. The van der Waals surface area contributed by atoms with Crippen LogP contribution in [0, 0.1) is 17.5 Å². The van der Waals surface area contributed by atoms with E-state index in [4.69, 9.17) is 4.74 Å². The van der Waals surface area contributed by atoms with Crippen LogP contribution < -0.4 is 5.32 Å². The van der Waals surface area contributed by atoms with Gasteiger partial charge in [0.25, 0.3) is 0 Å². The van der Waals surface area contributed by atoms with Crippen molar-refractivity contribution in [2.24, 2.45) is 0 Å². The first-order valence-corrected chi connectivity index (χ1v) is 6.49. The molecule has 0 radical (unpaired) electrons. The van der Waals surface area contributed by atoms with Crippen molar-refractivity contribution in [2.45, 2.75) is 38.6 Å². The molecule has 0 saturated heterocycles. The number of ether oxygens (including phenoxy) is 1. The van der Waals surface area contributed by atoms with Crippen LogP contribution in [-0.2, 0) is 4.74 Å². The molecule has 1 amide bonds. The molecule has 0 aromatic heterocycles. The summed E-state index contributed by atoms with van der Waals surface area (Å²) in [6, 6.07) is 1.19. The predicted octanol–water partition coefficient (Wildman–Crippen LogP) is 2.02. The zero-order chi connectivity index (χ0) is 17.1. The number of carbonyl (C=O) groups excluding carboxylic acids is 1. The Morgan fingerprint density at radius 1 is 1.23 bits per heavy atom. The number of hydrogen-bond acceptors (Lipinski definition) is 4. The third kappa shape index (κ3) is 4.88. The third-order valence-electron chi connectivity index (χ3n) is 2.59. The average molecular weight is 321 g/mol. The maximum atomic E-state index is 13.5. The Morgan fingerprint density at radius 3 is 2.32 bits per heavy atom. The topological polar surface area (TPSA) is 78.8 Å². The molecule has 3 N–H and O–H groups in total. The minimum absolute atomic E-state index is 0.536. The van der Waals surface area contributed by atoms with E-state index in [9.17, 15) is 28.2 Å². The van der Waals surface area contributed by atoms with Crippen LogP contribution in [-0.4, -0.2) is 34.6 Å². The number of alkyl carbamates (subject to hydrolysis) is 1. The van der Waals surface area contributed by atoms with Gasteiger partial charge in [0, 0.05) is 6.54 Å². The van der Waals surface area contributed by atoms with Crippen molar-refractivity contribution in [3.8, 4) is 0 Å². The second-order valence-electron chi connectivity index (χ2n) is 5.65. The first-order chi connectivity index (χ1) is 10.0. The van der Waals surface area contributed by atoms with Gasteiger partial charge in [-0.3, -0.25) is 0 Å². The van der Waals surface area contributed by atoms with Crippen molar-refractivity contribution in [2.75, 3.05) is 6.54 Å². The maximum absolute atomic E-state index is 13.5. The number of aliphatic hydroxyl groups is 2. The Morgan fingerprint density at radius 2 is 1.77 bits per heavy atom. The summed E-state index contributed by atoms with van der Waals surface area (Å²) in [4.78, 5) is 11.4. The fraction of sp³-hybridized carbons (Fsp3) is 0.500. The first kappa shape index (κ1) is 18.2.